The van der Waals surface area contributed by atoms with Gasteiger partial charge in [-0.05, 0) is 37.1 Å². The Morgan fingerprint density at radius 2 is 2.00 bits per heavy atom. The Hall–Kier alpha value is -0.930. The van der Waals surface area contributed by atoms with E-state index in [1.54, 1.807) is 12.1 Å². The molecule has 2 atom stereocenters. The molecule has 0 aromatic heterocycles. The lowest BCUT2D eigenvalue weighted by Gasteiger charge is -2.28. The molecule has 1 aromatic rings. The molecule has 1 fully saturated rings. The molecule has 1 aliphatic rings. The molecule has 0 bridgehead atoms. The zero-order chi connectivity index (χ0) is 10.7. The van der Waals surface area contributed by atoms with E-state index in [4.69, 9.17) is 0 Å². The van der Waals surface area contributed by atoms with Gasteiger partial charge < -0.3 is 10.4 Å². The summed E-state index contributed by atoms with van der Waals surface area (Å²) in [6.45, 7) is 0.961. The number of halogens is 1. The average Bonchev–Trinajstić information content (AvgIpc) is 2.30. The van der Waals surface area contributed by atoms with Crippen molar-refractivity contribution in [3.8, 4) is 0 Å². The number of aliphatic hydroxyl groups is 1. The van der Waals surface area contributed by atoms with E-state index in [1.807, 2.05) is 0 Å². The Kier molecular flexibility index (Phi) is 3.34. The zero-order valence-corrected chi connectivity index (χ0v) is 8.62. The molecule has 1 aromatic carbocycles. The van der Waals surface area contributed by atoms with Crippen LogP contribution in [-0.2, 0) is 0 Å². The summed E-state index contributed by atoms with van der Waals surface area (Å²) in [6, 6.07) is 6.19. The highest BCUT2D eigenvalue weighted by Gasteiger charge is 2.22. The number of hydrogen-bond donors (Lipinski definition) is 2. The van der Waals surface area contributed by atoms with Crippen LogP contribution in [0.15, 0.2) is 24.3 Å². The number of hydrogen-bond acceptors (Lipinski definition) is 2. The van der Waals surface area contributed by atoms with Crippen molar-refractivity contribution >= 4 is 0 Å². The van der Waals surface area contributed by atoms with Crippen LogP contribution in [0.5, 0.6) is 0 Å². The normalized spacial score (nSPS) is 23.7. The number of nitrogens with one attached hydrogen (secondary N) is 1. The van der Waals surface area contributed by atoms with Crippen molar-refractivity contribution < 1.29 is 9.50 Å². The van der Waals surface area contributed by atoms with Crippen LogP contribution in [0, 0.1) is 5.82 Å². The van der Waals surface area contributed by atoms with Crippen LogP contribution in [0.4, 0.5) is 4.39 Å². The molecule has 0 aliphatic carbocycles. The Balaban J connectivity index is 2.05. The first-order chi connectivity index (χ1) is 7.27. The summed E-state index contributed by atoms with van der Waals surface area (Å²) in [7, 11) is 0. The molecule has 1 aliphatic heterocycles. The minimum atomic E-state index is -0.522. The summed E-state index contributed by atoms with van der Waals surface area (Å²) >= 11 is 0. The number of rotatable bonds is 2. The second-order valence-corrected chi connectivity index (χ2v) is 4.05. The van der Waals surface area contributed by atoms with Crippen molar-refractivity contribution in [1.29, 1.82) is 0 Å². The maximum Gasteiger partial charge on any atom is 0.123 e. The highest BCUT2D eigenvalue weighted by atomic mass is 19.1. The summed E-state index contributed by atoms with van der Waals surface area (Å²) in [4.78, 5) is 0. The number of piperidine rings is 1. The van der Waals surface area contributed by atoms with Gasteiger partial charge in [-0.3, -0.25) is 0 Å². The van der Waals surface area contributed by atoms with Gasteiger partial charge >= 0.3 is 0 Å². The third-order valence-corrected chi connectivity index (χ3v) is 2.94. The molecule has 2 rings (SSSR count). The first-order valence-electron chi connectivity index (χ1n) is 5.44. The predicted octanol–water partition coefficient (Wildman–Crippen LogP) is 2.00. The Labute approximate surface area is 89.1 Å². The summed E-state index contributed by atoms with van der Waals surface area (Å²) in [6.07, 6.45) is 2.78. The van der Waals surface area contributed by atoms with Gasteiger partial charge in [-0.1, -0.05) is 18.6 Å². The van der Waals surface area contributed by atoms with E-state index in [-0.39, 0.29) is 11.9 Å². The maximum absolute atomic E-state index is 12.7. The van der Waals surface area contributed by atoms with Gasteiger partial charge in [-0.2, -0.15) is 0 Å². The van der Waals surface area contributed by atoms with E-state index in [2.05, 4.69) is 5.32 Å². The van der Waals surface area contributed by atoms with Crippen molar-refractivity contribution in [3.05, 3.63) is 35.6 Å². The van der Waals surface area contributed by atoms with Gasteiger partial charge in [0.05, 0.1) is 6.10 Å². The first kappa shape index (κ1) is 10.6. The van der Waals surface area contributed by atoms with Gasteiger partial charge in [0.25, 0.3) is 0 Å². The Bertz CT molecular complexity index is 306. The Morgan fingerprint density at radius 3 is 2.60 bits per heavy atom. The fraction of sp³-hybridized carbons (Fsp3) is 0.500. The van der Waals surface area contributed by atoms with E-state index in [0.29, 0.717) is 0 Å². The molecule has 1 saturated heterocycles. The number of benzene rings is 1. The topological polar surface area (TPSA) is 32.3 Å². The van der Waals surface area contributed by atoms with Gasteiger partial charge in [0.15, 0.2) is 0 Å². The monoisotopic (exact) mass is 209 g/mol. The molecule has 15 heavy (non-hydrogen) atoms. The van der Waals surface area contributed by atoms with E-state index in [0.717, 1.165) is 24.9 Å². The van der Waals surface area contributed by atoms with Gasteiger partial charge in [-0.15, -0.1) is 0 Å². The van der Waals surface area contributed by atoms with Crippen LogP contribution in [-0.4, -0.2) is 17.7 Å². The van der Waals surface area contributed by atoms with Crippen molar-refractivity contribution in [2.45, 2.75) is 31.4 Å². The highest BCUT2D eigenvalue weighted by molar-refractivity contribution is 5.20. The minimum Gasteiger partial charge on any atom is -0.387 e. The lowest BCUT2D eigenvalue weighted by Crippen LogP contribution is -2.38. The lowest BCUT2D eigenvalue weighted by atomic mass is 9.95. The largest absolute Gasteiger partial charge is 0.387 e. The van der Waals surface area contributed by atoms with Crippen molar-refractivity contribution in [1.82, 2.24) is 5.32 Å². The molecule has 3 heteroatoms. The SMILES string of the molecule is O[C@@H](c1ccc(F)cc1)[C@@H]1CCCCN1. The molecular weight excluding hydrogens is 193 g/mol. The molecule has 1 heterocycles. The standard InChI is InChI=1S/C12H16FNO/c13-10-6-4-9(5-7-10)12(15)11-3-1-2-8-14-11/h4-7,11-12,14-15H,1-3,8H2/t11-,12-/m0/s1. The summed E-state index contributed by atoms with van der Waals surface area (Å²) in [5.41, 5.74) is 0.788. The predicted molar refractivity (Wildman–Crippen MR) is 57.0 cm³/mol. The minimum absolute atomic E-state index is 0.115. The van der Waals surface area contributed by atoms with E-state index >= 15 is 0 Å². The molecule has 0 amide bonds. The lowest BCUT2D eigenvalue weighted by molar-refractivity contribution is 0.114. The third-order valence-electron chi connectivity index (χ3n) is 2.94. The molecule has 0 radical (unpaired) electrons. The van der Waals surface area contributed by atoms with Crippen LogP contribution < -0.4 is 5.32 Å². The van der Waals surface area contributed by atoms with Crippen LogP contribution in [0.1, 0.15) is 30.9 Å². The fourth-order valence-corrected chi connectivity index (χ4v) is 2.04. The van der Waals surface area contributed by atoms with Crippen molar-refractivity contribution in [2.24, 2.45) is 0 Å². The van der Waals surface area contributed by atoms with Gasteiger partial charge in [-0.25, -0.2) is 4.39 Å². The van der Waals surface area contributed by atoms with E-state index < -0.39 is 6.10 Å². The van der Waals surface area contributed by atoms with Gasteiger partial charge in [0.2, 0.25) is 0 Å². The van der Waals surface area contributed by atoms with Crippen LogP contribution in [0.25, 0.3) is 0 Å². The van der Waals surface area contributed by atoms with Gasteiger partial charge in [0.1, 0.15) is 5.82 Å². The second kappa shape index (κ2) is 4.73. The quantitative estimate of drug-likeness (QED) is 0.780. The van der Waals surface area contributed by atoms with Crippen LogP contribution in [0.2, 0.25) is 0 Å². The molecular formula is C12H16FNO. The summed E-state index contributed by atoms with van der Waals surface area (Å²) in [5, 5.41) is 13.3. The molecule has 2 nitrogen and oxygen atoms in total. The molecule has 82 valence electrons. The molecule has 0 saturated carbocycles. The van der Waals surface area contributed by atoms with Crippen LogP contribution >= 0.6 is 0 Å². The molecule has 0 unspecified atom stereocenters. The van der Waals surface area contributed by atoms with E-state index in [9.17, 15) is 9.50 Å². The maximum atomic E-state index is 12.7. The zero-order valence-electron chi connectivity index (χ0n) is 8.62. The smallest absolute Gasteiger partial charge is 0.123 e. The first-order valence-corrected chi connectivity index (χ1v) is 5.44. The third kappa shape index (κ3) is 2.55. The average molecular weight is 209 g/mol. The number of aliphatic hydroxyl groups excluding tert-OH is 1. The van der Waals surface area contributed by atoms with Gasteiger partial charge in [0, 0.05) is 6.04 Å². The van der Waals surface area contributed by atoms with E-state index in [1.165, 1.54) is 18.6 Å². The molecule has 2 N–H and O–H groups in total. The summed E-state index contributed by atoms with van der Waals surface area (Å²) in [5.74, 6) is -0.262. The Morgan fingerprint density at radius 1 is 1.27 bits per heavy atom. The summed E-state index contributed by atoms with van der Waals surface area (Å²) < 4.78 is 12.7. The fourth-order valence-electron chi connectivity index (χ4n) is 2.04. The van der Waals surface area contributed by atoms with Crippen molar-refractivity contribution in [2.75, 3.05) is 6.54 Å². The highest BCUT2D eigenvalue weighted by Crippen LogP contribution is 2.22. The van der Waals surface area contributed by atoms with Crippen LogP contribution in [0.3, 0.4) is 0 Å². The second-order valence-electron chi connectivity index (χ2n) is 4.05. The van der Waals surface area contributed by atoms with Crippen molar-refractivity contribution in [3.63, 3.8) is 0 Å². The molecule has 0 spiro atoms.